The van der Waals surface area contributed by atoms with Crippen LogP contribution in [0.25, 0.3) is 0 Å². The summed E-state index contributed by atoms with van der Waals surface area (Å²) < 4.78 is 0. The summed E-state index contributed by atoms with van der Waals surface area (Å²) in [5.74, 6) is 2.43. The number of allylic oxidation sites excluding steroid dienone is 4. The first-order valence-electron chi connectivity index (χ1n) is 6.45. The Morgan fingerprint density at radius 3 is 2.53 bits per heavy atom. The van der Waals surface area contributed by atoms with Crippen molar-refractivity contribution in [1.82, 2.24) is 0 Å². The molecule has 0 atom stereocenters. The van der Waals surface area contributed by atoms with Crippen LogP contribution in [0.2, 0.25) is 0 Å². The molecule has 1 aromatic rings. The molecule has 0 bridgehead atoms. The molecule has 0 aliphatic rings. The fraction of sp³-hybridized carbons (Fsp3) is 0.278. The van der Waals surface area contributed by atoms with Crippen molar-refractivity contribution in [3.8, 4) is 12.3 Å². The summed E-state index contributed by atoms with van der Waals surface area (Å²) in [4.78, 5) is 12.4. The Bertz CT molecular complexity index is 580. The molecule has 98 valence electrons. The van der Waals surface area contributed by atoms with Crippen LogP contribution in [0.3, 0.4) is 0 Å². The van der Waals surface area contributed by atoms with Crippen molar-refractivity contribution in [2.24, 2.45) is 0 Å². The Morgan fingerprint density at radius 1 is 1.32 bits per heavy atom. The van der Waals surface area contributed by atoms with E-state index in [-0.39, 0.29) is 5.78 Å². The van der Waals surface area contributed by atoms with Crippen LogP contribution in [-0.2, 0) is 0 Å². The number of aryl methyl sites for hydroxylation is 2. The number of Topliss-reactive ketones (excluding diaryl/α,β-unsaturated/α-hetero) is 1. The largest absolute Gasteiger partial charge is 0.289 e. The Labute approximate surface area is 116 Å². The topological polar surface area (TPSA) is 17.1 Å². The average molecular weight is 252 g/mol. The van der Waals surface area contributed by atoms with E-state index in [0.717, 1.165) is 17.6 Å². The van der Waals surface area contributed by atoms with Crippen molar-refractivity contribution >= 4 is 5.78 Å². The maximum atomic E-state index is 12.4. The van der Waals surface area contributed by atoms with E-state index in [1.807, 2.05) is 45.0 Å². The van der Waals surface area contributed by atoms with Gasteiger partial charge >= 0.3 is 0 Å². The highest BCUT2D eigenvalue weighted by atomic mass is 16.1. The quantitative estimate of drug-likeness (QED) is 0.336. The molecule has 19 heavy (non-hydrogen) atoms. The zero-order valence-corrected chi connectivity index (χ0v) is 12.1. The Kier molecular flexibility index (Phi) is 5.33. The molecule has 0 fully saturated rings. The number of carbonyl (C=O) groups excluding carboxylic acids is 1. The summed E-state index contributed by atoms with van der Waals surface area (Å²) in [7, 11) is 0. The van der Waals surface area contributed by atoms with Gasteiger partial charge in [0.05, 0.1) is 0 Å². The number of hydrogen-bond donors (Lipinski definition) is 0. The minimum absolute atomic E-state index is 0.0196. The smallest absolute Gasteiger partial charge is 0.193 e. The highest BCUT2D eigenvalue weighted by molar-refractivity contribution is 6.11. The van der Waals surface area contributed by atoms with Crippen LogP contribution in [0, 0.1) is 26.2 Å². The molecule has 0 aromatic heterocycles. The lowest BCUT2D eigenvalue weighted by Gasteiger charge is -2.06. The summed E-state index contributed by atoms with van der Waals surface area (Å²) in [6.45, 7) is 8.09. The molecule has 0 aliphatic heterocycles. The predicted molar refractivity (Wildman–Crippen MR) is 81.2 cm³/mol. The van der Waals surface area contributed by atoms with E-state index in [0.29, 0.717) is 11.1 Å². The third kappa shape index (κ3) is 3.96. The van der Waals surface area contributed by atoms with Gasteiger partial charge in [-0.05, 0) is 50.5 Å². The van der Waals surface area contributed by atoms with Crippen LogP contribution >= 0.6 is 0 Å². The molecular weight excluding hydrogens is 232 g/mol. The second-order valence-corrected chi connectivity index (χ2v) is 4.74. The van der Waals surface area contributed by atoms with E-state index in [2.05, 4.69) is 12.8 Å². The summed E-state index contributed by atoms with van der Waals surface area (Å²) >= 11 is 0. The van der Waals surface area contributed by atoms with Gasteiger partial charge in [0.1, 0.15) is 0 Å². The van der Waals surface area contributed by atoms with Crippen molar-refractivity contribution in [1.29, 1.82) is 0 Å². The lowest BCUT2D eigenvalue weighted by atomic mass is 9.97. The molecule has 0 radical (unpaired) electrons. The van der Waals surface area contributed by atoms with E-state index < -0.39 is 0 Å². The van der Waals surface area contributed by atoms with Gasteiger partial charge in [0.15, 0.2) is 5.78 Å². The van der Waals surface area contributed by atoms with Crippen LogP contribution < -0.4 is 0 Å². The normalized spacial score (nSPS) is 12.2. The maximum absolute atomic E-state index is 12.4. The SMILES string of the molecule is C#C/C=C(\C=C(\C)CC)C(=O)c1ccc(C)c(C)c1. The third-order valence-corrected chi connectivity index (χ3v) is 3.23. The molecule has 1 heteroatoms. The van der Waals surface area contributed by atoms with E-state index in [4.69, 9.17) is 6.42 Å². The number of rotatable bonds is 4. The minimum Gasteiger partial charge on any atom is -0.289 e. The van der Waals surface area contributed by atoms with Crippen LogP contribution in [0.5, 0.6) is 0 Å². The summed E-state index contributed by atoms with van der Waals surface area (Å²) in [5.41, 5.74) is 4.69. The van der Waals surface area contributed by atoms with Gasteiger partial charge in [-0.1, -0.05) is 36.6 Å². The molecule has 0 saturated carbocycles. The predicted octanol–water partition coefficient (Wildman–Crippen LogP) is 4.40. The molecule has 0 heterocycles. The maximum Gasteiger partial charge on any atom is 0.193 e. The molecular formula is C18H20O. The minimum atomic E-state index is -0.0196. The number of ketones is 1. The molecule has 0 saturated heterocycles. The highest BCUT2D eigenvalue weighted by Crippen LogP contribution is 2.16. The molecule has 0 N–H and O–H groups in total. The van der Waals surface area contributed by atoms with Gasteiger partial charge in [0, 0.05) is 11.1 Å². The zero-order valence-electron chi connectivity index (χ0n) is 12.1. The fourth-order valence-electron chi connectivity index (χ4n) is 1.68. The molecule has 0 amide bonds. The van der Waals surface area contributed by atoms with Crippen LogP contribution in [0.4, 0.5) is 0 Å². The van der Waals surface area contributed by atoms with Crippen molar-refractivity contribution < 1.29 is 4.79 Å². The van der Waals surface area contributed by atoms with Crippen molar-refractivity contribution in [3.63, 3.8) is 0 Å². The van der Waals surface area contributed by atoms with Gasteiger partial charge in [-0.2, -0.15) is 0 Å². The summed E-state index contributed by atoms with van der Waals surface area (Å²) in [5, 5.41) is 0. The Hall–Kier alpha value is -2.07. The first-order chi connectivity index (χ1) is 8.99. The first-order valence-corrected chi connectivity index (χ1v) is 6.45. The molecule has 1 nitrogen and oxygen atoms in total. The molecule has 0 aliphatic carbocycles. The van der Waals surface area contributed by atoms with Crippen molar-refractivity contribution in [3.05, 3.63) is 58.2 Å². The van der Waals surface area contributed by atoms with E-state index >= 15 is 0 Å². The number of terminal acetylenes is 1. The number of hydrogen-bond acceptors (Lipinski definition) is 1. The van der Waals surface area contributed by atoms with E-state index in [1.165, 1.54) is 11.6 Å². The zero-order chi connectivity index (χ0) is 14.4. The summed E-state index contributed by atoms with van der Waals surface area (Å²) in [6.07, 6.45) is 9.62. The second kappa shape index (κ2) is 6.75. The van der Waals surface area contributed by atoms with Gasteiger partial charge < -0.3 is 0 Å². The third-order valence-electron chi connectivity index (χ3n) is 3.23. The second-order valence-electron chi connectivity index (χ2n) is 4.74. The Balaban J connectivity index is 3.18. The first kappa shape index (κ1) is 15.0. The number of benzene rings is 1. The van der Waals surface area contributed by atoms with Gasteiger partial charge in [-0.25, -0.2) is 0 Å². The standard InChI is InChI=1S/C18H20O/c1-6-8-16(11-13(3)7-2)18(19)17-10-9-14(4)15(5)12-17/h1,8-12H,7H2,2-5H3/b13-11-,16-8+. The highest BCUT2D eigenvalue weighted by Gasteiger charge is 2.11. The van der Waals surface area contributed by atoms with Gasteiger partial charge in [0.2, 0.25) is 0 Å². The lowest BCUT2D eigenvalue weighted by molar-refractivity contribution is 0.103. The van der Waals surface area contributed by atoms with Crippen molar-refractivity contribution in [2.75, 3.05) is 0 Å². The van der Waals surface area contributed by atoms with Crippen LogP contribution in [0.1, 0.15) is 41.8 Å². The Morgan fingerprint density at radius 2 is 2.00 bits per heavy atom. The molecule has 1 rings (SSSR count). The molecule has 0 spiro atoms. The van der Waals surface area contributed by atoms with E-state index in [9.17, 15) is 4.79 Å². The van der Waals surface area contributed by atoms with Gasteiger partial charge in [0.25, 0.3) is 0 Å². The summed E-state index contributed by atoms with van der Waals surface area (Å²) in [6, 6.07) is 5.73. The monoisotopic (exact) mass is 252 g/mol. The van der Waals surface area contributed by atoms with Crippen LogP contribution in [-0.4, -0.2) is 5.78 Å². The van der Waals surface area contributed by atoms with Crippen LogP contribution in [0.15, 0.2) is 41.5 Å². The fourth-order valence-corrected chi connectivity index (χ4v) is 1.68. The van der Waals surface area contributed by atoms with E-state index in [1.54, 1.807) is 0 Å². The average Bonchev–Trinajstić information content (AvgIpc) is 2.40. The van der Waals surface area contributed by atoms with Crippen molar-refractivity contribution in [2.45, 2.75) is 34.1 Å². The molecule has 0 unspecified atom stereocenters. The number of carbonyl (C=O) groups is 1. The molecule has 1 aromatic carbocycles. The van der Waals surface area contributed by atoms with Gasteiger partial charge in [-0.3, -0.25) is 4.79 Å². The lowest BCUT2D eigenvalue weighted by Crippen LogP contribution is -2.03. The van der Waals surface area contributed by atoms with Gasteiger partial charge in [-0.15, -0.1) is 6.42 Å².